The number of thioether (sulfide) groups is 1. The van der Waals surface area contributed by atoms with Crippen LogP contribution in [0.4, 0.5) is 0 Å². The summed E-state index contributed by atoms with van der Waals surface area (Å²) in [6, 6.07) is 39.7. The number of aliphatic hydroxyl groups is 1. The average molecular weight is 515 g/mol. The molecule has 0 fully saturated rings. The molecule has 4 aromatic carbocycles. The number of aliphatic hydroxyl groups excluding tert-OH is 1. The van der Waals surface area contributed by atoms with Gasteiger partial charge in [0.1, 0.15) is 20.9 Å². The molecular formula is C30H29NO3PS+. The molecule has 0 aromatic heterocycles. The second-order valence-corrected chi connectivity index (χ2v) is 12.2. The first-order valence-electron chi connectivity index (χ1n) is 11.6. The number of nitrogens with one attached hydrogen (secondary N) is 1. The van der Waals surface area contributed by atoms with E-state index < -0.39 is 19.5 Å². The maximum atomic E-state index is 13.8. The Bertz CT molecular complexity index is 1200. The Labute approximate surface area is 217 Å². The van der Waals surface area contributed by atoms with Gasteiger partial charge in [0.05, 0.1) is 7.11 Å². The van der Waals surface area contributed by atoms with E-state index in [4.69, 9.17) is 4.74 Å². The number of carbonyl (C=O) groups is 1. The number of benzene rings is 4. The molecule has 0 bridgehead atoms. The fourth-order valence-corrected chi connectivity index (χ4v) is 9.79. The van der Waals surface area contributed by atoms with E-state index in [0.717, 1.165) is 15.9 Å². The largest absolute Gasteiger partial charge is 0.463 e. The van der Waals surface area contributed by atoms with E-state index in [2.05, 4.69) is 41.7 Å². The van der Waals surface area contributed by atoms with Gasteiger partial charge in [0, 0.05) is 5.56 Å². The van der Waals surface area contributed by atoms with Crippen LogP contribution < -0.4 is 21.2 Å². The van der Waals surface area contributed by atoms with Gasteiger partial charge in [-0.3, -0.25) is 0 Å². The third-order valence-electron chi connectivity index (χ3n) is 5.95. The zero-order chi connectivity index (χ0) is 25.4. The quantitative estimate of drug-likeness (QED) is 0.143. The third kappa shape index (κ3) is 5.10. The minimum absolute atomic E-state index is 0.433. The molecule has 182 valence electrons. The lowest BCUT2D eigenvalue weighted by Crippen LogP contribution is -2.37. The monoisotopic (exact) mass is 514 g/mol. The van der Waals surface area contributed by atoms with E-state index in [1.165, 1.54) is 18.9 Å². The number of methoxy groups -OCH3 is 1. The number of carbonyl (C=O) groups excluding carboxylic acids is 1. The number of hydrogen-bond donors (Lipinski definition) is 2. The summed E-state index contributed by atoms with van der Waals surface area (Å²) in [6.07, 6.45) is 0.899. The van der Waals surface area contributed by atoms with Gasteiger partial charge >= 0.3 is 5.97 Å². The second kappa shape index (κ2) is 12.0. The third-order valence-corrected chi connectivity index (χ3v) is 11.1. The maximum Gasteiger partial charge on any atom is 0.377 e. The fraction of sp³-hybridized carbons (Fsp3) is 0.100. The highest BCUT2D eigenvalue weighted by Crippen LogP contribution is 2.64. The molecule has 0 aliphatic heterocycles. The minimum atomic E-state index is -2.75. The van der Waals surface area contributed by atoms with Crippen LogP contribution in [0.25, 0.3) is 0 Å². The molecule has 0 saturated heterocycles. The smallest absolute Gasteiger partial charge is 0.377 e. The molecule has 36 heavy (non-hydrogen) atoms. The fourth-order valence-electron chi connectivity index (χ4n) is 4.33. The van der Waals surface area contributed by atoms with Gasteiger partial charge in [0.15, 0.2) is 13.5 Å². The molecule has 2 N–H and O–H groups in total. The van der Waals surface area contributed by atoms with Crippen molar-refractivity contribution >= 4 is 40.9 Å². The predicted molar refractivity (Wildman–Crippen MR) is 152 cm³/mol. The van der Waals surface area contributed by atoms with Crippen molar-refractivity contribution < 1.29 is 14.6 Å². The Balaban J connectivity index is 2.09. The molecular weight excluding hydrogens is 485 g/mol. The number of ether oxygens (including phenoxy) is 1. The van der Waals surface area contributed by atoms with Crippen LogP contribution in [0, 0.1) is 0 Å². The molecule has 0 aliphatic carbocycles. The van der Waals surface area contributed by atoms with E-state index in [0.29, 0.717) is 15.9 Å². The van der Waals surface area contributed by atoms with Crippen molar-refractivity contribution in [3.05, 3.63) is 137 Å². The number of esters is 1. The van der Waals surface area contributed by atoms with E-state index in [1.54, 1.807) is 0 Å². The van der Waals surface area contributed by atoms with Crippen LogP contribution in [0.3, 0.4) is 0 Å². The van der Waals surface area contributed by atoms with Crippen molar-refractivity contribution in [2.24, 2.45) is 0 Å². The molecule has 4 rings (SSSR count). The van der Waals surface area contributed by atoms with Crippen LogP contribution in [-0.4, -0.2) is 24.4 Å². The molecule has 0 heterocycles. The standard InChI is InChI=1S/C30H28NO3PS/c1-34-30(33)27(29(36-2)31-28(32)23-15-7-3-8-16-23)35(24-17-9-4-10-18-24,25-19-11-5-12-20-25)26-21-13-6-14-22-26/h3-22,28,32H,1-2H3/p+1. The van der Waals surface area contributed by atoms with Gasteiger partial charge in [0.25, 0.3) is 0 Å². The van der Waals surface area contributed by atoms with Crippen LogP contribution in [0.15, 0.2) is 132 Å². The number of hydrogen-bond acceptors (Lipinski definition) is 5. The molecule has 0 saturated carbocycles. The Hall–Kier alpha value is -3.37. The van der Waals surface area contributed by atoms with E-state index in [1.807, 2.05) is 91.2 Å². The average Bonchev–Trinajstić information content (AvgIpc) is 2.96. The van der Waals surface area contributed by atoms with Crippen molar-refractivity contribution in [1.29, 1.82) is 0 Å². The summed E-state index contributed by atoms with van der Waals surface area (Å²) in [5.74, 6) is -0.433. The van der Waals surface area contributed by atoms with Crippen molar-refractivity contribution in [2.45, 2.75) is 6.23 Å². The van der Waals surface area contributed by atoms with Gasteiger partial charge in [-0.25, -0.2) is 4.79 Å². The van der Waals surface area contributed by atoms with Crippen molar-refractivity contribution in [1.82, 2.24) is 5.32 Å². The first-order valence-corrected chi connectivity index (χ1v) is 14.6. The summed E-state index contributed by atoms with van der Waals surface area (Å²) < 4.78 is 5.45. The summed E-state index contributed by atoms with van der Waals surface area (Å²) in [6.45, 7) is 0. The molecule has 6 heteroatoms. The summed E-state index contributed by atoms with van der Waals surface area (Å²) in [5.41, 5.74) is 0.705. The van der Waals surface area contributed by atoms with Gasteiger partial charge in [-0.15, -0.1) is 11.8 Å². The first-order chi connectivity index (χ1) is 17.6. The Kier molecular flexibility index (Phi) is 8.61. The molecule has 0 amide bonds. The van der Waals surface area contributed by atoms with Crippen LogP contribution in [-0.2, 0) is 9.53 Å². The van der Waals surface area contributed by atoms with Crippen LogP contribution >= 0.6 is 19.0 Å². The molecule has 1 atom stereocenters. The lowest BCUT2D eigenvalue weighted by atomic mass is 10.2. The highest BCUT2D eigenvalue weighted by Gasteiger charge is 2.55. The van der Waals surface area contributed by atoms with Crippen LogP contribution in [0.1, 0.15) is 11.8 Å². The van der Waals surface area contributed by atoms with Crippen LogP contribution in [0.5, 0.6) is 0 Å². The lowest BCUT2D eigenvalue weighted by molar-refractivity contribution is -0.135. The molecule has 4 aromatic rings. The highest BCUT2D eigenvalue weighted by atomic mass is 32.2. The van der Waals surface area contributed by atoms with Gasteiger partial charge in [-0.1, -0.05) is 84.9 Å². The van der Waals surface area contributed by atoms with Crippen molar-refractivity contribution in [3.63, 3.8) is 0 Å². The Morgan fingerprint density at radius 3 is 1.50 bits per heavy atom. The second-order valence-electron chi connectivity index (χ2n) is 8.01. The van der Waals surface area contributed by atoms with Gasteiger partial charge in [-0.2, -0.15) is 0 Å². The minimum Gasteiger partial charge on any atom is -0.463 e. The van der Waals surface area contributed by atoms with Crippen molar-refractivity contribution in [2.75, 3.05) is 13.4 Å². The predicted octanol–water partition coefficient (Wildman–Crippen LogP) is 4.97. The van der Waals surface area contributed by atoms with Gasteiger partial charge in [-0.05, 0) is 42.7 Å². The summed E-state index contributed by atoms with van der Waals surface area (Å²) in [4.78, 5) is 13.8. The molecule has 0 aliphatic rings. The summed E-state index contributed by atoms with van der Waals surface area (Å²) in [5, 5.41) is 18.5. The molecule has 1 unspecified atom stereocenters. The summed E-state index contributed by atoms with van der Waals surface area (Å²) >= 11 is 1.39. The van der Waals surface area contributed by atoms with E-state index in [9.17, 15) is 9.90 Å². The van der Waals surface area contributed by atoms with E-state index >= 15 is 0 Å². The molecule has 0 spiro atoms. The van der Waals surface area contributed by atoms with Crippen molar-refractivity contribution in [3.8, 4) is 0 Å². The topological polar surface area (TPSA) is 58.6 Å². The first kappa shape index (κ1) is 25.7. The maximum absolute atomic E-state index is 13.8. The SMILES string of the molecule is COC(=O)C(=C(NC(O)c1ccccc1)SC)[P+](c1ccccc1)(c1ccccc1)c1ccccc1. The zero-order valence-corrected chi connectivity index (χ0v) is 22.0. The zero-order valence-electron chi connectivity index (χ0n) is 20.2. The van der Waals surface area contributed by atoms with E-state index in [-0.39, 0.29) is 0 Å². The normalized spacial score (nSPS) is 12.9. The van der Waals surface area contributed by atoms with Gasteiger partial charge in [0.2, 0.25) is 5.31 Å². The summed E-state index contributed by atoms with van der Waals surface area (Å²) in [7, 11) is -1.34. The Morgan fingerprint density at radius 2 is 1.14 bits per heavy atom. The highest BCUT2D eigenvalue weighted by molar-refractivity contribution is 8.04. The molecule has 0 radical (unpaired) electrons. The Morgan fingerprint density at radius 1 is 0.750 bits per heavy atom. The van der Waals surface area contributed by atoms with Gasteiger partial charge < -0.3 is 15.2 Å². The molecule has 4 nitrogen and oxygen atoms in total. The van der Waals surface area contributed by atoms with Crippen LogP contribution in [0.2, 0.25) is 0 Å². The lowest BCUT2D eigenvalue weighted by Gasteiger charge is -2.30. The number of rotatable bonds is 9.